The summed E-state index contributed by atoms with van der Waals surface area (Å²) in [6.07, 6.45) is 3.59. The van der Waals surface area contributed by atoms with Crippen LogP contribution in [0.15, 0.2) is 18.2 Å². The van der Waals surface area contributed by atoms with E-state index < -0.39 is 0 Å². The molecule has 0 aliphatic heterocycles. The molecule has 1 rings (SSSR count). The van der Waals surface area contributed by atoms with Gasteiger partial charge in [0.1, 0.15) is 0 Å². The Bertz CT molecular complexity index is 411. The maximum Gasteiger partial charge on any atom is 0.272 e. The Morgan fingerprint density at radius 1 is 1.40 bits per heavy atom. The molecule has 0 spiro atoms. The molecule has 80 valence electrons. The highest BCUT2D eigenvalue weighted by atomic mass is 16.6. The fourth-order valence-corrected chi connectivity index (χ4v) is 1.43. The minimum Gasteiger partial charge on any atom is -0.327 e. The Hall–Kier alpha value is -1.68. The van der Waals surface area contributed by atoms with Crippen molar-refractivity contribution in [1.82, 2.24) is 0 Å². The minimum absolute atomic E-state index is 0.150. The number of nitrogens with two attached hydrogens (primary N) is 1. The van der Waals surface area contributed by atoms with Crippen LogP contribution < -0.4 is 5.73 Å². The number of nitro groups is 1. The van der Waals surface area contributed by atoms with Crippen LogP contribution in [0.3, 0.4) is 0 Å². The molecule has 0 bridgehead atoms. The zero-order valence-corrected chi connectivity index (χ0v) is 8.86. The number of nitro benzene ring substituents is 1. The maximum absolute atomic E-state index is 10.7. The van der Waals surface area contributed by atoms with Gasteiger partial charge in [0.05, 0.1) is 4.92 Å². The van der Waals surface area contributed by atoms with E-state index in [0.717, 1.165) is 11.1 Å². The number of hydrogen-bond donors (Lipinski definition) is 1. The molecule has 0 aliphatic carbocycles. The van der Waals surface area contributed by atoms with Crippen LogP contribution in [0.4, 0.5) is 5.69 Å². The third-order valence-corrected chi connectivity index (χ3v) is 2.21. The predicted octanol–water partition coefficient (Wildman–Crippen LogP) is 2.18. The quantitative estimate of drug-likeness (QED) is 0.608. The summed E-state index contributed by atoms with van der Waals surface area (Å²) in [7, 11) is 0. The van der Waals surface area contributed by atoms with Gasteiger partial charge in [-0.1, -0.05) is 12.2 Å². The van der Waals surface area contributed by atoms with Crippen LogP contribution >= 0.6 is 0 Å². The van der Waals surface area contributed by atoms with E-state index in [2.05, 4.69) is 0 Å². The molecule has 0 aliphatic rings. The van der Waals surface area contributed by atoms with Gasteiger partial charge in [0.25, 0.3) is 5.69 Å². The van der Waals surface area contributed by atoms with Gasteiger partial charge in [0, 0.05) is 18.2 Å². The van der Waals surface area contributed by atoms with Gasteiger partial charge in [-0.05, 0) is 31.0 Å². The van der Waals surface area contributed by atoms with Crippen molar-refractivity contribution in [2.75, 3.05) is 6.54 Å². The molecule has 0 atom stereocenters. The van der Waals surface area contributed by atoms with E-state index in [9.17, 15) is 10.1 Å². The van der Waals surface area contributed by atoms with Gasteiger partial charge < -0.3 is 5.73 Å². The van der Waals surface area contributed by atoms with Crippen molar-refractivity contribution in [2.24, 2.45) is 5.73 Å². The minimum atomic E-state index is -0.367. The summed E-state index contributed by atoms with van der Waals surface area (Å²) >= 11 is 0. The highest BCUT2D eigenvalue weighted by Gasteiger charge is 2.11. The average molecular weight is 206 g/mol. The second-order valence-electron chi connectivity index (χ2n) is 3.39. The summed E-state index contributed by atoms with van der Waals surface area (Å²) in [5.41, 5.74) is 8.03. The Morgan fingerprint density at radius 3 is 2.60 bits per heavy atom. The molecule has 4 heteroatoms. The molecule has 0 unspecified atom stereocenters. The van der Waals surface area contributed by atoms with Gasteiger partial charge in [-0.3, -0.25) is 10.1 Å². The van der Waals surface area contributed by atoms with Crippen molar-refractivity contribution in [3.63, 3.8) is 0 Å². The second-order valence-corrected chi connectivity index (χ2v) is 3.39. The summed E-state index contributed by atoms with van der Waals surface area (Å²) in [5.74, 6) is 0. The van der Waals surface area contributed by atoms with E-state index in [-0.39, 0.29) is 10.6 Å². The number of rotatable bonds is 3. The van der Waals surface area contributed by atoms with Crippen LogP contribution in [-0.4, -0.2) is 11.5 Å². The summed E-state index contributed by atoms with van der Waals surface area (Å²) in [6, 6.07) is 3.39. The number of benzene rings is 1. The number of hydrogen-bond acceptors (Lipinski definition) is 3. The summed E-state index contributed by atoms with van der Waals surface area (Å²) in [6.45, 7) is 4.09. The van der Waals surface area contributed by atoms with Crippen molar-refractivity contribution < 1.29 is 4.92 Å². The lowest BCUT2D eigenvalue weighted by Crippen LogP contribution is -1.95. The first-order chi connectivity index (χ1) is 7.06. The summed E-state index contributed by atoms with van der Waals surface area (Å²) < 4.78 is 0. The first-order valence-corrected chi connectivity index (χ1v) is 4.68. The Balaban J connectivity index is 3.23. The van der Waals surface area contributed by atoms with Crippen molar-refractivity contribution in [1.29, 1.82) is 0 Å². The normalized spacial score (nSPS) is 10.9. The van der Waals surface area contributed by atoms with Crippen molar-refractivity contribution in [3.8, 4) is 0 Å². The monoisotopic (exact) mass is 206 g/mol. The van der Waals surface area contributed by atoms with Gasteiger partial charge in [-0.15, -0.1) is 0 Å². The Kier molecular flexibility index (Phi) is 3.57. The number of aryl methyl sites for hydroxylation is 2. The van der Waals surface area contributed by atoms with E-state index in [0.29, 0.717) is 12.1 Å². The average Bonchev–Trinajstić information content (AvgIpc) is 2.16. The Labute approximate surface area is 88.6 Å². The van der Waals surface area contributed by atoms with E-state index in [4.69, 9.17) is 5.73 Å². The van der Waals surface area contributed by atoms with Crippen molar-refractivity contribution in [2.45, 2.75) is 13.8 Å². The zero-order chi connectivity index (χ0) is 11.4. The zero-order valence-electron chi connectivity index (χ0n) is 8.86. The molecule has 15 heavy (non-hydrogen) atoms. The largest absolute Gasteiger partial charge is 0.327 e. The van der Waals surface area contributed by atoms with Crippen LogP contribution in [0, 0.1) is 24.0 Å². The highest BCUT2D eigenvalue weighted by molar-refractivity contribution is 5.60. The first-order valence-electron chi connectivity index (χ1n) is 4.68. The molecule has 1 aromatic carbocycles. The molecule has 1 aromatic rings. The second kappa shape index (κ2) is 4.70. The van der Waals surface area contributed by atoms with Crippen molar-refractivity contribution in [3.05, 3.63) is 45.0 Å². The first kappa shape index (κ1) is 11.4. The lowest BCUT2D eigenvalue weighted by Gasteiger charge is -2.03. The third kappa shape index (κ3) is 2.63. The Morgan fingerprint density at radius 2 is 2.07 bits per heavy atom. The molecule has 0 heterocycles. The fourth-order valence-electron chi connectivity index (χ4n) is 1.43. The van der Waals surface area contributed by atoms with Crippen LogP contribution in [-0.2, 0) is 0 Å². The number of nitrogens with zero attached hydrogens (tertiary/aromatic N) is 1. The van der Waals surface area contributed by atoms with Gasteiger partial charge in [-0.25, -0.2) is 0 Å². The molecular formula is C11H14N2O2. The smallest absolute Gasteiger partial charge is 0.272 e. The molecule has 0 saturated carbocycles. The lowest BCUT2D eigenvalue weighted by atomic mass is 10.0. The SMILES string of the molecule is Cc1cc(C)c([N+](=O)[O-])cc1C=CCN. The molecule has 0 aromatic heterocycles. The molecule has 0 fully saturated rings. The van der Waals surface area contributed by atoms with Crippen LogP contribution in [0.5, 0.6) is 0 Å². The standard InChI is InChI=1S/C11H14N2O2/c1-8-6-9(2)11(13(14)15)7-10(8)4-3-5-12/h3-4,6-7H,5,12H2,1-2H3. The maximum atomic E-state index is 10.7. The topological polar surface area (TPSA) is 69.2 Å². The molecule has 0 saturated heterocycles. The third-order valence-electron chi connectivity index (χ3n) is 2.21. The van der Waals surface area contributed by atoms with E-state index in [1.807, 2.05) is 19.1 Å². The molecule has 2 N–H and O–H groups in total. The highest BCUT2D eigenvalue weighted by Crippen LogP contribution is 2.23. The van der Waals surface area contributed by atoms with Gasteiger partial charge in [0.2, 0.25) is 0 Å². The van der Waals surface area contributed by atoms with Crippen molar-refractivity contribution >= 4 is 11.8 Å². The van der Waals surface area contributed by atoms with Gasteiger partial charge in [-0.2, -0.15) is 0 Å². The summed E-state index contributed by atoms with van der Waals surface area (Å²) in [4.78, 5) is 10.3. The van der Waals surface area contributed by atoms with E-state index in [1.54, 1.807) is 19.1 Å². The van der Waals surface area contributed by atoms with Crippen LogP contribution in [0.2, 0.25) is 0 Å². The lowest BCUT2D eigenvalue weighted by molar-refractivity contribution is -0.385. The molecular weight excluding hydrogens is 192 g/mol. The van der Waals surface area contributed by atoms with Crippen LogP contribution in [0.1, 0.15) is 16.7 Å². The van der Waals surface area contributed by atoms with Gasteiger partial charge >= 0.3 is 0 Å². The fraction of sp³-hybridized carbons (Fsp3) is 0.273. The van der Waals surface area contributed by atoms with E-state index in [1.165, 1.54) is 0 Å². The van der Waals surface area contributed by atoms with Gasteiger partial charge in [0.15, 0.2) is 0 Å². The predicted molar refractivity (Wildman–Crippen MR) is 60.7 cm³/mol. The molecule has 0 radical (unpaired) electrons. The van der Waals surface area contributed by atoms with E-state index >= 15 is 0 Å². The molecule has 4 nitrogen and oxygen atoms in total. The molecule has 0 amide bonds. The van der Waals surface area contributed by atoms with Crippen LogP contribution in [0.25, 0.3) is 6.08 Å². The summed E-state index contributed by atoms with van der Waals surface area (Å²) in [5, 5.41) is 10.7.